The number of rotatable bonds is 5. The van der Waals surface area contributed by atoms with Gasteiger partial charge in [-0.1, -0.05) is 42.5 Å². The summed E-state index contributed by atoms with van der Waals surface area (Å²) in [7, 11) is 0. The molecule has 2 aromatic carbocycles. The first-order valence-electron chi connectivity index (χ1n) is 6.28. The third-order valence-corrected chi connectivity index (χ3v) is 3.78. The lowest BCUT2D eigenvalue weighted by molar-refractivity contribution is 0.610. The highest BCUT2D eigenvalue weighted by molar-refractivity contribution is 14.1. The second-order valence-electron chi connectivity index (χ2n) is 4.61. The van der Waals surface area contributed by atoms with Crippen LogP contribution in [0.1, 0.15) is 17.5 Å². The van der Waals surface area contributed by atoms with Gasteiger partial charge in [0.2, 0.25) is 0 Å². The van der Waals surface area contributed by atoms with E-state index in [2.05, 4.69) is 77.2 Å². The molecule has 0 aliphatic heterocycles. The van der Waals surface area contributed by atoms with Gasteiger partial charge in [-0.25, -0.2) is 0 Å². The molecule has 0 radical (unpaired) electrons. The summed E-state index contributed by atoms with van der Waals surface area (Å²) < 4.78 is 1.27. The minimum atomic E-state index is 0.241. The fraction of sp³-hybridized carbons (Fsp3) is 0.250. The van der Waals surface area contributed by atoms with Gasteiger partial charge in [0.15, 0.2) is 0 Å². The molecule has 0 saturated carbocycles. The maximum absolute atomic E-state index is 6.19. The first-order valence-corrected chi connectivity index (χ1v) is 7.36. The van der Waals surface area contributed by atoms with E-state index >= 15 is 0 Å². The lowest BCUT2D eigenvalue weighted by Crippen LogP contribution is -2.23. The monoisotopic (exact) mass is 351 g/mol. The number of aryl methyl sites for hydroxylation is 1. The quantitative estimate of drug-likeness (QED) is 0.815. The van der Waals surface area contributed by atoms with Crippen LogP contribution >= 0.6 is 22.6 Å². The molecule has 2 N–H and O–H groups in total. The summed E-state index contributed by atoms with van der Waals surface area (Å²) in [6.07, 6.45) is 3.06. The predicted octanol–water partition coefficient (Wildman–Crippen LogP) is 3.79. The molecule has 0 amide bonds. The molecule has 94 valence electrons. The van der Waals surface area contributed by atoms with Gasteiger partial charge in [-0.15, -0.1) is 0 Å². The molecule has 0 heterocycles. The summed E-state index contributed by atoms with van der Waals surface area (Å²) in [6, 6.07) is 19.4. The number of hydrogen-bond acceptors (Lipinski definition) is 1. The average molecular weight is 351 g/mol. The van der Waals surface area contributed by atoms with E-state index in [0.717, 1.165) is 19.3 Å². The molecule has 0 spiro atoms. The van der Waals surface area contributed by atoms with E-state index in [-0.39, 0.29) is 6.04 Å². The first-order chi connectivity index (χ1) is 8.74. The van der Waals surface area contributed by atoms with Crippen LogP contribution in [0.15, 0.2) is 54.6 Å². The van der Waals surface area contributed by atoms with Gasteiger partial charge in [0.25, 0.3) is 0 Å². The van der Waals surface area contributed by atoms with Gasteiger partial charge in [0.05, 0.1) is 0 Å². The molecule has 0 fully saturated rings. The summed E-state index contributed by atoms with van der Waals surface area (Å²) in [5.41, 5.74) is 8.89. The smallest absolute Gasteiger partial charge is 0.0130 e. The van der Waals surface area contributed by atoms with Crippen LogP contribution in [0.5, 0.6) is 0 Å². The van der Waals surface area contributed by atoms with Gasteiger partial charge in [0, 0.05) is 9.61 Å². The van der Waals surface area contributed by atoms with Crippen LogP contribution in [0, 0.1) is 3.57 Å². The van der Waals surface area contributed by atoms with Crippen molar-refractivity contribution in [3.05, 3.63) is 69.3 Å². The van der Waals surface area contributed by atoms with Crippen molar-refractivity contribution in [3.8, 4) is 0 Å². The van der Waals surface area contributed by atoms with E-state index in [1.165, 1.54) is 14.7 Å². The number of halogens is 1. The van der Waals surface area contributed by atoms with Crippen LogP contribution in [0.2, 0.25) is 0 Å². The van der Waals surface area contributed by atoms with Crippen molar-refractivity contribution in [1.82, 2.24) is 0 Å². The molecule has 2 heteroatoms. The van der Waals surface area contributed by atoms with E-state index in [1.807, 2.05) is 0 Å². The van der Waals surface area contributed by atoms with Gasteiger partial charge in [0.1, 0.15) is 0 Å². The summed E-state index contributed by atoms with van der Waals surface area (Å²) in [5.74, 6) is 0. The molecular formula is C16H18IN. The summed E-state index contributed by atoms with van der Waals surface area (Å²) in [6.45, 7) is 0. The molecule has 0 aliphatic carbocycles. The minimum Gasteiger partial charge on any atom is -0.327 e. The van der Waals surface area contributed by atoms with Gasteiger partial charge in [-0.3, -0.25) is 0 Å². The molecule has 0 saturated heterocycles. The Morgan fingerprint density at radius 2 is 1.56 bits per heavy atom. The standard InChI is InChI=1S/C16H18IN/c17-15-9-6-14(7-10-15)12-16(18)11-8-13-4-2-1-3-5-13/h1-7,9-10,16H,8,11-12,18H2. The van der Waals surface area contributed by atoms with E-state index in [1.54, 1.807) is 0 Å². The molecule has 2 rings (SSSR count). The van der Waals surface area contributed by atoms with Crippen LogP contribution in [-0.2, 0) is 12.8 Å². The number of nitrogens with two attached hydrogens (primary N) is 1. The largest absolute Gasteiger partial charge is 0.327 e. The van der Waals surface area contributed by atoms with Crippen molar-refractivity contribution < 1.29 is 0 Å². The molecule has 1 nitrogen and oxygen atoms in total. The van der Waals surface area contributed by atoms with Crippen LogP contribution in [0.4, 0.5) is 0 Å². The molecular weight excluding hydrogens is 333 g/mol. The lowest BCUT2D eigenvalue weighted by atomic mass is 10.00. The zero-order chi connectivity index (χ0) is 12.8. The van der Waals surface area contributed by atoms with E-state index < -0.39 is 0 Å². The fourth-order valence-corrected chi connectivity index (χ4v) is 2.38. The maximum atomic E-state index is 6.19. The predicted molar refractivity (Wildman–Crippen MR) is 85.6 cm³/mol. The Balaban J connectivity index is 1.82. The van der Waals surface area contributed by atoms with E-state index in [9.17, 15) is 0 Å². The summed E-state index contributed by atoms with van der Waals surface area (Å²) in [4.78, 5) is 0. The molecule has 0 bridgehead atoms. The van der Waals surface area contributed by atoms with Crippen LogP contribution < -0.4 is 5.73 Å². The normalized spacial score (nSPS) is 12.3. The summed E-state index contributed by atoms with van der Waals surface area (Å²) in [5, 5.41) is 0. The molecule has 1 atom stereocenters. The van der Waals surface area contributed by atoms with Crippen molar-refractivity contribution in [3.63, 3.8) is 0 Å². The number of hydrogen-bond donors (Lipinski definition) is 1. The lowest BCUT2D eigenvalue weighted by Gasteiger charge is -2.11. The Labute approximate surface area is 123 Å². The summed E-state index contributed by atoms with van der Waals surface area (Å²) >= 11 is 2.32. The third-order valence-electron chi connectivity index (χ3n) is 3.06. The maximum Gasteiger partial charge on any atom is 0.0130 e. The average Bonchev–Trinajstić information content (AvgIpc) is 2.40. The first kappa shape index (κ1) is 13.6. The van der Waals surface area contributed by atoms with Crippen LogP contribution in [-0.4, -0.2) is 6.04 Å². The Morgan fingerprint density at radius 3 is 2.22 bits per heavy atom. The van der Waals surface area contributed by atoms with Crippen LogP contribution in [0.3, 0.4) is 0 Å². The van der Waals surface area contributed by atoms with Gasteiger partial charge >= 0.3 is 0 Å². The van der Waals surface area contributed by atoms with Crippen LogP contribution in [0.25, 0.3) is 0 Å². The van der Waals surface area contributed by atoms with E-state index in [4.69, 9.17) is 5.73 Å². The highest BCUT2D eigenvalue weighted by Gasteiger charge is 2.04. The topological polar surface area (TPSA) is 26.0 Å². The van der Waals surface area contributed by atoms with Crippen molar-refractivity contribution in [1.29, 1.82) is 0 Å². The minimum absolute atomic E-state index is 0.241. The SMILES string of the molecule is NC(CCc1ccccc1)Cc1ccc(I)cc1. The van der Waals surface area contributed by atoms with Crippen molar-refractivity contribution >= 4 is 22.6 Å². The number of benzene rings is 2. The second-order valence-corrected chi connectivity index (χ2v) is 5.86. The third kappa shape index (κ3) is 4.42. The van der Waals surface area contributed by atoms with Gasteiger partial charge in [-0.05, 0) is 65.1 Å². The van der Waals surface area contributed by atoms with Gasteiger partial charge < -0.3 is 5.73 Å². The van der Waals surface area contributed by atoms with E-state index in [0.29, 0.717) is 0 Å². The fourth-order valence-electron chi connectivity index (χ4n) is 2.02. The second kappa shape index (κ2) is 6.90. The highest BCUT2D eigenvalue weighted by Crippen LogP contribution is 2.11. The van der Waals surface area contributed by atoms with Crippen molar-refractivity contribution in [2.75, 3.05) is 0 Å². The molecule has 0 aromatic heterocycles. The Kier molecular flexibility index (Phi) is 5.20. The van der Waals surface area contributed by atoms with Gasteiger partial charge in [-0.2, -0.15) is 0 Å². The Bertz CT molecular complexity index is 464. The molecule has 2 aromatic rings. The zero-order valence-corrected chi connectivity index (χ0v) is 12.5. The Morgan fingerprint density at radius 1 is 0.889 bits per heavy atom. The molecule has 0 aliphatic rings. The van der Waals surface area contributed by atoms with Crippen molar-refractivity contribution in [2.24, 2.45) is 5.73 Å². The van der Waals surface area contributed by atoms with Crippen molar-refractivity contribution in [2.45, 2.75) is 25.3 Å². The zero-order valence-electron chi connectivity index (χ0n) is 10.4. The molecule has 18 heavy (non-hydrogen) atoms. The Hall–Kier alpha value is -0.870. The molecule has 1 unspecified atom stereocenters. The highest BCUT2D eigenvalue weighted by atomic mass is 127.